The molecule has 0 unspecified atom stereocenters. The second-order valence-electron chi connectivity index (χ2n) is 3.51. The summed E-state index contributed by atoms with van der Waals surface area (Å²) in [6, 6.07) is 1.83. The number of nitriles is 1. The molecule has 0 aliphatic heterocycles. The Hall–Kier alpha value is -1.57. The quantitative estimate of drug-likeness (QED) is 0.661. The van der Waals surface area contributed by atoms with Gasteiger partial charge in [-0.25, -0.2) is 0 Å². The van der Waals surface area contributed by atoms with Crippen molar-refractivity contribution in [1.29, 1.82) is 5.26 Å². The molecule has 5 nitrogen and oxygen atoms in total. The molecule has 0 amide bonds. The lowest BCUT2D eigenvalue weighted by atomic mass is 9.79. The van der Waals surface area contributed by atoms with Crippen LogP contribution in [0, 0.1) is 22.7 Å². The zero-order chi connectivity index (χ0) is 12.8. The van der Waals surface area contributed by atoms with Crippen LogP contribution in [0.25, 0.3) is 0 Å². The van der Waals surface area contributed by atoms with E-state index in [1.54, 1.807) is 13.8 Å². The molecule has 2 atom stereocenters. The number of hydrogen-bond acceptors (Lipinski definition) is 5. The summed E-state index contributed by atoms with van der Waals surface area (Å²) in [6.45, 7) is 6.56. The molecule has 0 aromatic rings. The van der Waals surface area contributed by atoms with Crippen molar-refractivity contribution in [3.8, 4) is 6.07 Å². The number of esters is 2. The summed E-state index contributed by atoms with van der Waals surface area (Å²) < 4.78 is 9.56. The second-order valence-corrected chi connectivity index (χ2v) is 3.51. The maximum atomic E-state index is 11.6. The van der Waals surface area contributed by atoms with Gasteiger partial charge in [-0.3, -0.25) is 9.59 Å². The molecule has 16 heavy (non-hydrogen) atoms. The first-order chi connectivity index (χ1) is 7.43. The fraction of sp³-hybridized carbons (Fsp3) is 0.727. The zero-order valence-corrected chi connectivity index (χ0v) is 10.1. The minimum Gasteiger partial charge on any atom is -0.466 e. The first-order valence-corrected chi connectivity index (χ1v) is 5.19. The molecule has 0 aromatic heterocycles. The number of carbonyl (C=O) groups excluding carboxylic acids is 2. The molecule has 0 N–H and O–H groups in total. The third-order valence-corrected chi connectivity index (χ3v) is 2.44. The summed E-state index contributed by atoms with van der Waals surface area (Å²) in [5.41, 5.74) is -1.50. The summed E-state index contributed by atoms with van der Waals surface area (Å²) in [4.78, 5) is 23.1. The van der Waals surface area contributed by atoms with Crippen LogP contribution in [-0.4, -0.2) is 25.2 Å². The monoisotopic (exact) mass is 227 g/mol. The van der Waals surface area contributed by atoms with Gasteiger partial charge in [-0.15, -0.1) is 0 Å². The predicted octanol–water partition coefficient (Wildman–Crippen LogP) is 1.28. The van der Waals surface area contributed by atoms with E-state index in [-0.39, 0.29) is 13.2 Å². The van der Waals surface area contributed by atoms with Gasteiger partial charge in [0.2, 0.25) is 0 Å². The van der Waals surface area contributed by atoms with E-state index >= 15 is 0 Å². The Kier molecular flexibility index (Phi) is 5.51. The van der Waals surface area contributed by atoms with Crippen molar-refractivity contribution in [2.75, 3.05) is 13.2 Å². The lowest BCUT2D eigenvalue weighted by Gasteiger charge is -2.24. The normalized spacial score (nSPS) is 15.4. The fourth-order valence-electron chi connectivity index (χ4n) is 1.10. The van der Waals surface area contributed by atoms with E-state index in [0.717, 1.165) is 0 Å². The van der Waals surface area contributed by atoms with Crippen molar-refractivity contribution in [1.82, 2.24) is 0 Å². The summed E-state index contributed by atoms with van der Waals surface area (Å²) in [7, 11) is 0. The molecule has 0 spiro atoms. The van der Waals surface area contributed by atoms with Crippen LogP contribution in [0.4, 0.5) is 0 Å². The second kappa shape index (κ2) is 6.11. The summed E-state index contributed by atoms with van der Waals surface area (Å²) >= 11 is 0. The Balaban J connectivity index is 4.89. The smallest absolute Gasteiger partial charge is 0.327 e. The minimum atomic E-state index is -1.50. The van der Waals surface area contributed by atoms with Gasteiger partial charge in [-0.1, -0.05) is 0 Å². The molecule has 0 aromatic carbocycles. The van der Waals surface area contributed by atoms with Crippen LogP contribution in [-0.2, 0) is 19.1 Å². The third kappa shape index (κ3) is 2.96. The summed E-state index contributed by atoms with van der Waals surface area (Å²) in [6.07, 6.45) is 0. The van der Waals surface area contributed by atoms with Gasteiger partial charge < -0.3 is 9.47 Å². The Morgan fingerprint density at radius 2 is 1.81 bits per heavy atom. The first kappa shape index (κ1) is 14.4. The van der Waals surface area contributed by atoms with Crippen molar-refractivity contribution < 1.29 is 19.1 Å². The van der Waals surface area contributed by atoms with Gasteiger partial charge >= 0.3 is 11.9 Å². The van der Waals surface area contributed by atoms with Crippen molar-refractivity contribution in [2.45, 2.75) is 27.7 Å². The van der Waals surface area contributed by atoms with Crippen molar-refractivity contribution >= 4 is 11.9 Å². The molecular formula is C11H17NO4. The fourth-order valence-corrected chi connectivity index (χ4v) is 1.10. The summed E-state index contributed by atoms with van der Waals surface area (Å²) in [5, 5.41) is 9.01. The molecule has 0 radical (unpaired) electrons. The van der Waals surface area contributed by atoms with Gasteiger partial charge in [0.05, 0.1) is 25.2 Å². The average Bonchev–Trinajstić information content (AvgIpc) is 2.27. The van der Waals surface area contributed by atoms with Gasteiger partial charge in [0.1, 0.15) is 0 Å². The van der Waals surface area contributed by atoms with Crippen LogP contribution in [0.15, 0.2) is 0 Å². The number of rotatable bonds is 5. The third-order valence-electron chi connectivity index (χ3n) is 2.44. The Labute approximate surface area is 95.3 Å². The van der Waals surface area contributed by atoms with E-state index in [1.165, 1.54) is 13.8 Å². The molecule has 0 rings (SSSR count). The van der Waals surface area contributed by atoms with E-state index in [4.69, 9.17) is 14.7 Å². The minimum absolute atomic E-state index is 0.172. The van der Waals surface area contributed by atoms with Crippen LogP contribution < -0.4 is 0 Å². The van der Waals surface area contributed by atoms with Gasteiger partial charge in [0.15, 0.2) is 5.41 Å². The van der Waals surface area contributed by atoms with Gasteiger partial charge in [-0.2, -0.15) is 5.26 Å². The van der Waals surface area contributed by atoms with E-state index in [1.807, 2.05) is 6.07 Å². The lowest BCUT2D eigenvalue weighted by molar-refractivity contribution is -0.163. The van der Waals surface area contributed by atoms with Crippen molar-refractivity contribution in [3.63, 3.8) is 0 Å². The molecule has 0 saturated heterocycles. The topological polar surface area (TPSA) is 76.4 Å². The molecule has 90 valence electrons. The average molecular weight is 227 g/mol. The van der Waals surface area contributed by atoms with Crippen LogP contribution in [0.1, 0.15) is 27.7 Å². The highest BCUT2D eigenvalue weighted by atomic mass is 16.5. The van der Waals surface area contributed by atoms with Crippen LogP contribution in [0.5, 0.6) is 0 Å². The van der Waals surface area contributed by atoms with Gasteiger partial charge in [-0.05, 0) is 27.7 Å². The zero-order valence-electron chi connectivity index (χ0n) is 10.1. The molecule has 0 bridgehead atoms. The molecule has 0 aliphatic rings. The van der Waals surface area contributed by atoms with E-state index in [9.17, 15) is 9.59 Å². The van der Waals surface area contributed by atoms with E-state index < -0.39 is 23.3 Å². The number of nitrogens with zero attached hydrogens (tertiary/aromatic N) is 1. The highest BCUT2D eigenvalue weighted by Gasteiger charge is 2.45. The maximum Gasteiger partial charge on any atom is 0.327 e. The number of hydrogen-bond donors (Lipinski definition) is 0. The first-order valence-electron chi connectivity index (χ1n) is 5.19. The lowest BCUT2D eigenvalue weighted by Crippen LogP contribution is -2.39. The summed E-state index contributed by atoms with van der Waals surface area (Å²) in [5.74, 6) is -2.12. The van der Waals surface area contributed by atoms with Crippen LogP contribution in [0.3, 0.4) is 0 Å². The maximum absolute atomic E-state index is 11.6. The van der Waals surface area contributed by atoms with Crippen molar-refractivity contribution in [3.05, 3.63) is 0 Å². The molecule has 5 heteroatoms. The highest BCUT2D eigenvalue weighted by Crippen LogP contribution is 2.29. The van der Waals surface area contributed by atoms with E-state index in [0.29, 0.717) is 0 Å². The highest BCUT2D eigenvalue weighted by molar-refractivity contribution is 5.87. The largest absolute Gasteiger partial charge is 0.466 e. The Bertz CT molecular complexity index is 308. The molecular weight excluding hydrogens is 210 g/mol. The van der Waals surface area contributed by atoms with Crippen LogP contribution >= 0.6 is 0 Å². The van der Waals surface area contributed by atoms with Crippen molar-refractivity contribution in [2.24, 2.45) is 11.3 Å². The number of ether oxygens (including phenoxy) is 2. The molecule has 0 aliphatic carbocycles. The standard InChI is InChI=1S/C11H17NO4/c1-5-15-9(13)8(3)11(4,7-12)10(14)16-6-2/h8H,5-6H2,1-4H3/t8-,11+/m1/s1. The number of carbonyl (C=O) groups is 2. The SMILES string of the molecule is CCOC(=O)[C@@H](C)[C@](C)(C#N)C(=O)OCC. The molecule has 0 fully saturated rings. The Morgan fingerprint density at radius 1 is 1.31 bits per heavy atom. The Morgan fingerprint density at radius 3 is 2.19 bits per heavy atom. The van der Waals surface area contributed by atoms with E-state index in [2.05, 4.69) is 0 Å². The van der Waals surface area contributed by atoms with Gasteiger partial charge in [0, 0.05) is 0 Å². The predicted molar refractivity (Wildman–Crippen MR) is 56.2 cm³/mol. The van der Waals surface area contributed by atoms with Crippen LogP contribution in [0.2, 0.25) is 0 Å². The van der Waals surface area contributed by atoms with Gasteiger partial charge in [0.25, 0.3) is 0 Å². The molecule has 0 saturated carbocycles. The molecule has 0 heterocycles.